The number of β-amino-alcohol motifs (C(OH)–C–C–N with tert-alkyl or cyclic N) is 1. The number of benzene rings is 1. The Bertz CT molecular complexity index is 422. The van der Waals surface area contributed by atoms with Gasteiger partial charge in [0.2, 0.25) is 5.91 Å². The highest BCUT2D eigenvalue weighted by molar-refractivity contribution is 5.76. The molecule has 0 bridgehead atoms. The van der Waals surface area contributed by atoms with Crippen LogP contribution in [-0.2, 0) is 4.79 Å². The van der Waals surface area contributed by atoms with E-state index in [4.69, 9.17) is 10.5 Å². The van der Waals surface area contributed by atoms with Crippen molar-refractivity contribution in [3.8, 4) is 5.75 Å². The lowest BCUT2D eigenvalue weighted by Gasteiger charge is -2.15. The van der Waals surface area contributed by atoms with Gasteiger partial charge in [0.15, 0.2) is 0 Å². The largest absolute Gasteiger partial charge is 0.493 e. The zero-order valence-corrected chi connectivity index (χ0v) is 10.2. The van der Waals surface area contributed by atoms with Crippen molar-refractivity contribution >= 4 is 11.6 Å². The Morgan fingerprint density at radius 1 is 1.56 bits per heavy atom. The van der Waals surface area contributed by atoms with Crippen LogP contribution in [0.2, 0.25) is 0 Å². The number of likely N-dealkylation sites (tertiary alicyclic amines) is 1. The summed E-state index contributed by atoms with van der Waals surface area (Å²) < 4.78 is 5.45. The summed E-state index contributed by atoms with van der Waals surface area (Å²) >= 11 is 0. The highest BCUT2D eigenvalue weighted by Crippen LogP contribution is 2.15. The lowest BCUT2D eigenvalue weighted by atomic mass is 10.3. The van der Waals surface area contributed by atoms with Crippen LogP contribution in [0.5, 0.6) is 5.75 Å². The van der Waals surface area contributed by atoms with Crippen LogP contribution < -0.4 is 10.5 Å². The Labute approximate surface area is 106 Å². The Morgan fingerprint density at radius 3 is 3.06 bits per heavy atom. The van der Waals surface area contributed by atoms with Gasteiger partial charge in [-0.1, -0.05) is 6.07 Å². The van der Waals surface area contributed by atoms with Crippen LogP contribution in [0, 0.1) is 0 Å². The van der Waals surface area contributed by atoms with Crippen molar-refractivity contribution in [3.05, 3.63) is 24.3 Å². The Kier molecular flexibility index (Phi) is 4.04. The van der Waals surface area contributed by atoms with E-state index >= 15 is 0 Å². The van der Waals surface area contributed by atoms with Crippen molar-refractivity contribution in [2.75, 3.05) is 25.4 Å². The molecule has 1 fully saturated rings. The monoisotopic (exact) mass is 250 g/mol. The highest BCUT2D eigenvalue weighted by Gasteiger charge is 2.23. The van der Waals surface area contributed by atoms with Gasteiger partial charge in [0, 0.05) is 24.8 Å². The number of anilines is 1. The predicted molar refractivity (Wildman–Crippen MR) is 68.2 cm³/mol. The topological polar surface area (TPSA) is 75.8 Å². The highest BCUT2D eigenvalue weighted by atomic mass is 16.5. The number of rotatable bonds is 4. The molecule has 1 aromatic carbocycles. The number of hydrogen-bond acceptors (Lipinski definition) is 4. The van der Waals surface area contributed by atoms with Crippen molar-refractivity contribution in [1.82, 2.24) is 4.90 Å². The average Bonchev–Trinajstić information content (AvgIpc) is 2.76. The van der Waals surface area contributed by atoms with E-state index in [1.54, 1.807) is 23.1 Å². The molecule has 3 N–H and O–H groups in total. The third-order valence-corrected chi connectivity index (χ3v) is 2.96. The number of nitrogen functional groups attached to an aromatic ring is 1. The molecule has 2 rings (SSSR count). The Hall–Kier alpha value is -1.75. The molecule has 0 spiro atoms. The van der Waals surface area contributed by atoms with Gasteiger partial charge in [0.1, 0.15) is 5.75 Å². The lowest BCUT2D eigenvalue weighted by molar-refractivity contribution is -0.131. The second kappa shape index (κ2) is 5.73. The van der Waals surface area contributed by atoms with Crippen LogP contribution in [0.1, 0.15) is 12.8 Å². The number of amides is 1. The summed E-state index contributed by atoms with van der Waals surface area (Å²) in [5.41, 5.74) is 6.26. The maximum atomic E-state index is 11.8. The van der Waals surface area contributed by atoms with Gasteiger partial charge in [-0.15, -0.1) is 0 Å². The number of nitrogens with zero attached hydrogens (tertiary/aromatic N) is 1. The summed E-state index contributed by atoms with van der Waals surface area (Å²) in [5, 5.41) is 9.34. The molecule has 1 aliphatic heterocycles. The standard InChI is InChI=1S/C13H18N2O3/c14-10-2-1-3-12(8-10)18-7-5-13(17)15-6-4-11(16)9-15/h1-3,8,11,16H,4-7,9,14H2/t11-/m0/s1. The van der Waals surface area contributed by atoms with E-state index in [1.807, 2.05) is 6.07 Å². The fraction of sp³-hybridized carbons (Fsp3) is 0.462. The maximum absolute atomic E-state index is 11.8. The van der Waals surface area contributed by atoms with Gasteiger partial charge >= 0.3 is 0 Å². The SMILES string of the molecule is Nc1cccc(OCCC(=O)N2CC[C@H](O)C2)c1. The summed E-state index contributed by atoms with van der Waals surface area (Å²) in [6.45, 7) is 1.41. The summed E-state index contributed by atoms with van der Waals surface area (Å²) in [6, 6.07) is 7.12. The minimum Gasteiger partial charge on any atom is -0.493 e. The first kappa shape index (κ1) is 12.7. The molecule has 0 aromatic heterocycles. The van der Waals surface area contributed by atoms with E-state index in [2.05, 4.69) is 0 Å². The van der Waals surface area contributed by atoms with Crippen LogP contribution in [-0.4, -0.2) is 41.7 Å². The quantitative estimate of drug-likeness (QED) is 0.769. The number of aliphatic hydroxyl groups is 1. The molecular weight excluding hydrogens is 232 g/mol. The van der Waals surface area contributed by atoms with Gasteiger partial charge in [-0.3, -0.25) is 4.79 Å². The predicted octanol–water partition coefficient (Wildman–Crippen LogP) is 0.631. The fourth-order valence-electron chi connectivity index (χ4n) is 1.99. The van der Waals surface area contributed by atoms with Crippen molar-refractivity contribution in [2.24, 2.45) is 0 Å². The van der Waals surface area contributed by atoms with Crippen LogP contribution >= 0.6 is 0 Å². The Morgan fingerprint density at radius 2 is 2.39 bits per heavy atom. The van der Waals surface area contributed by atoms with Gasteiger partial charge in [-0.25, -0.2) is 0 Å². The smallest absolute Gasteiger partial charge is 0.226 e. The number of carbonyl (C=O) groups is 1. The van der Waals surface area contributed by atoms with E-state index in [9.17, 15) is 9.90 Å². The molecule has 1 saturated heterocycles. The summed E-state index contributed by atoms with van der Waals surface area (Å²) in [4.78, 5) is 13.4. The van der Waals surface area contributed by atoms with E-state index in [1.165, 1.54) is 0 Å². The van der Waals surface area contributed by atoms with Crippen LogP contribution in [0.4, 0.5) is 5.69 Å². The zero-order chi connectivity index (χ0) is 13.0. The third-order valence-electron chi connectivity index (χ3n) is 2.96. The van der Waals surface area contributed by atoms with Gasteiger partial charge in [0.05, 0.1) is 19.1 Å². The molecule has 0 aliphatic carbocycles. The Balaban J connectivity index is 1.73. The van der Waals surface area contributed by atoms with Gasteiger partial charge < -0.3 is 20.5 Å². The first-order valence-corrected chi connectivity index (χ1v) is 6.09. The second-order valence-electron chi connectivity index (χ2n) is 4.45. The fourth-order valence-corrected chi connectivity index (χ4v) is 1.99. The number of hydrogen-bond donors (Lipinski definition) is 2. The molecule has 1 aromatic rings. The van der Waals surface area contributed by atoms with Crippen molar-refractivity contribution in [2.45, 2.75) is 18.9 Å². The molecular formula is C13H18N2O3. The zero-order valence-electron chi connectivity index (χ0n) is 10.2. The van der Waals surface area contributed by atoms with Gasteiger partial charge in [-0.2, -0.15) is 0 Å². The molecule has 98 valence electrons. The normalized spacial score (nSPS) is 18.9. The molecule has 18 heavy (non-hydrogen) atoms. The molecule has 1 aliphatic rings. The van der Waals surface area contributed by atoms with Crippen molar-refractivity contribution < 1.29 is 14.6 Å². The molecule has 5 nitrogen and oxygen atoms in total. The number of nitrogens with two attached hydrogens (primary N) is 1. The van der Waals surface area contributed by atoms with Gasteiger partial charge in [-0.05, 0) is 18.6 Å². The molecule has 1 atom stereocenters. The summed E-state index contributed by atoms with van der Waals surface area (Å²) in [7, 11) is 0. The minimum absolute atomic E-state index is 0.0236. The average molecular weight is 250 g/mol. The van der Waals surface area contributed by atoms with E-state index < -0.39 is 0 Å². The van der Waals surface area contributed by atoms with Crippen molar-refractivity contribution in [1.29, 1.82) is 0 Å². The molecule has 0 unspecified atom stereocenters. The number of aliphatic hydroxyl groups excluding tert-OH is 1. The molecule has 1 heterocycles. The maximum Gasteiger partial charge on any atom is 0.226 e. The van der Waals surface area contributed by atoms with E-state index in [0.717, 1.165) is 0 Å². The van der Waals surface area contributed by atoms with Gasteiger partial charge in [0.25, 0.3) is 0 Å². The first-order valence-electron chi connectivity index (χ1n) is 6.09. The van der Waals surface area contributed by atoms with E-state index in [-0.39, 0.29) is 12.0 Å². The van der Waals surface area contributed by atoms with E-state index in [0.29, 0.717) is 44.0 Å². The summed E-state index contributed by atoms with van der Waals surface area (Å²) in [5.74, 6) is 0.694. The third kappa shape index (κ3) is 3.37. The van der Waals surface area contributed by atoms with Crippen molar-refractivity contribution in [3.63, 3.8) is 0 Å². The lowest BCUT2D eigenvalue weighted by Crippen LogP contribution is -2.30. The van der Waals surface area contributed by atoms with Crippen LogP contribution in [0.3, 0.4) is 0 Å². The van der Waals surface area contributed by atoms with Crippen LogP contribution in [0.25, 0.3) is 0 Å². The number of carbonyl (C=O) groups excluding carboxylic acids is 1. The molecule has 5 heteroatoms. The van der Waals surface area contributed by atoms with Crippen LogP contribution in [0.15, 0.2) is 24.3 Å². The number of ether oxygens (including phenoxy) is 1. The summed E-state index contributed by atoms with van der Waals surface area (Å²) in [6.07, 6.45) is 0.618. The minimum atomic E-state index is -0.371. The first-order chi connectivity index (χ1) is 8.65. The molecule has 1 amide bonds. The molecule has 0 radical (unpaired) electrons. The second-order valence-corrected chi connectivity index (χ2v) is 4.45. The molecule has 0 saturated carbocycles.